The molecule has 0 saturated carbocycles. The van der Waals surface area contributed by atoms with Crippen LogP contribution in [0.4, 0.5) is 0 Å². The van der Waals surface area contributed by atoms with Gasteiger partial charge in [0, 0.05) is 26.2 Å². The van der Waals surface area contributed by atoms with E-state index in [0.29, 0.717) is 36.2 Å². The molecule has 0 spiro atoms. The zero-order chi connectivity index (χ0) is 14.7. The minimum Gasteiger partial charge on any atom is -0.494 e. The molecule has 1 fully saturated rings. The molecule has 2 amide bonds. The zero-order valence-electron chi connectivity index (χ0n) is 10.9. The van der Waals surface area contributed by atoms with E-state index in [1.807, 2.05) is 0 Å². The molecule has 0 unspecified atom stereocenters. The lowest BCUT2D eigenvalue weighted by molar-refractivity contribution is -0.119. The molecule has 0 bridgehead atoms. The molecule has 1 saturated heterocycles. The number of amides is 2. The summed E-state index contributed by atoms with van der Waals surface area (Å²) >= 11 is 12.1. The summed E-state index contributed by atoms with van der Waals surface area (Å²) in [7, 11) is 1.44. The Morgan fingerprint density at radius 1 is 1.20 bits per heavy atom. The van der Waals surface area contributed by atoms with Crippen molar-refractivity contribution in [2.24, 2.45) is 0 Å². The van der Waals surface area contributed by atoms with Crippen molar-refractivity contribution in [3.63, 3.8) is 0 Å². The molecule has 1 heterocycles. The summed E-state index contributed by atoms with van der Waals surface area (Å²) in [6.07, 6.45) is 0.786. The largest absolute Gasteiger partial charge is 0.494 e. The second-order valence-corrected chi connectivity index (χ2v) is 5.19. The molecule has 0 atom stereocenters. The van der Waals surface area contributed by atoms with Crippen molar-refractivity contribution in [2.75, 3.05) is 33.3 Å². The quantitative estimate of drug-likeness (QED) is 0.800. The molecular weight excluding hydrogens is 303 g/mol. The Hall–Kier alpha value is -1.46. The van der Waals surface area contributed by atoms with Crippen LogP contribution in [0.2, 0.25) is 10.0 Å². The normalized spacial score (nSPS) is 15.2. The molecule has 7 heteroatoms. The molecule has 20 heavy (non-hydrogen) atoms. The first kappa shape index (κ1) is 14.9. The first-order valence-corrected chi connectivity index (χ1v) is 6.84. The van der Waals surface area contributed by atoms with Gasteiger partial charge in [0.1, 0.15) is 5.56 Å². The molecule has 1 aromatic rings. The van der Waals surface area contributed by atoms with Crippen LogP contribution in [-0.2, 0) is 4.79 Å². The second-order valence-electron chi connectivity index (χ2n) is 4.37. The topological polar surface area (TPSA) is 49.9 Å². The third-order valence-corrected chi connectivity index (χ3v) is 3.84. The molecular formula is C13H14Cl2N2O3. The Bertz CT molecular complexity index is 529. The van der Waals surface area contributed by atoms with Crippen LogP contribution in [0.1, 0.15) is 10.4 Å². The fourth-order valence-corrected chi connectivity index (χ4v) is 2.58. The number of hydrogen-bond acceptors (Lipinski definition) is 3. The first-order valence-electron chi connectivity index (χ1n) is 6.09. The highest BCUT2D eigenvalue weighted by molar-refractivity contribution is 6.37. The molecule has 0 aromatic heterocycles. The van der Waals surface area contributed by atoms with Crippen molar-refractivity contribution in [2.45, 2.75) is 0 Å². The third-order valence-electron chi connectivity index (χ3n) is 3.23. The number of piperazine rings is 1. The van der Waals surface area contributed by atoms with Crippen molar-refractivity contribution < 1.29 is 14.3 Å². The number of benzene rings is 1. The number of carbonyl (C=O) groups is 2. The van der Waals surface area contributed by atoms with Gasteiger partial charge >= 0.3 is 0 Å². The minimum absolute atomic E-state index is 0.236. The van der Waals surface area contributed by atoms with Gasteiger partial charge in [0.15, 0.2) is 5.75 Å². The number of hydrogen-bond donors (Lipinski definition) is 0. The number of rotatable bonds is 3. The monoisotopic (exact) mass is 316 g/mol. The van der Waals surface area contributed by atoms with Gasteiger partial charge in [-0.3, -0.25) is 9.59 Å². The zero-order valence-corrected chi connectivity index (χ0v) is 12.4. The maximum atomic E-state index is 12.5. The van der Waals surface area contributed by atoms with Gasteiger partial charge in [0.05, 0.1) is 17.2 Å². The summed E-state index contributed by atoms with van der Waals surface area (Å²) in [4.78, 5) is 26.5. The van der Waals surface area contributed by atoms with E-state index in [9.17, 15) is 9.59 Å². The minimum atomic E-state index is -0.236. The average Bonchev–Trinajstić information content (AvgIpc) is 2.48. The Labute approximate surface area is 127 Å². The fraction of sp³-hybridized carbons (Fsp3) is 0.385. The second kappa shape index (κ2) is 6.33. The van der Waals surface area contributed by atoms with E-state index in [1.54, 1.807) is 21.9 Å². The highest BCUT2D eigenvalue weighted by Crippen LogP contribution is 2.34. The number of ether oxygens (including phenoxy) is 1. The summed E-state index contributed by atoms with van der Waals surface area (Å²) in [6, 6.07) is 3.16. The van der Waals surface area contributed by atoms with Crippen LogP contribution >= 0.6 is 23.2 Å². The van der Waals surface area contributed by atoms with Crippen LogP contribution in [0.3, 0.4) is 0 Å². The van der Waals surface area contributed by atoms with Crippen LogP contribution in [0.15, 0.2) is 12.1 Å². The van der Waals surface area contributed by atoms with Gasteiger partial charge in [-0.1, -0.05) is 23.2 Å². The Kier molecular flexibility index (Phi) is 4.73. The van der Waals surface area contributed by atoms with Gasteiger partial charge in [0.2, 0.25) is 6.41 Å². The molecule has 108 valence electrons. The van der Waals surface area contributed by atoms with E-state index in [-0.39, 0.29) is 17.2 Å². The Morgan fingerprint density at radius 2 is 1.80 bits per heavy atom. The summed E-state index contributed by atoms with van der Waals surface area (Å²) in [5.74, 6) is 0.0434. The highest BCUT2D eigenvalue weighted by Gasteiger charge is 2.26. The van der Waals surface area contributed by atoms with Gasteiger partial charge in [0.25, 0.3) is 5.91 Å². The molecule has 1 aliphatic rings. The van der Waals surface area contributed by atoms with Gasteiger partial charge in [-0.05, 0) is 12.1 Å². The summed E-state index contributed by atoms with van der Waals surface area (Å²) in [5.41, 5.74) is 0.265. The van der Waals surface area contributed by atoms with Crippen molar-refractivity contribution >= 4 is 35.5 Å². The van der Waals surface area contributed by atoms with E-state index < -0.39 is 0 Å². The van der Waals surface area contributed by atoms with Gasteiger partial charge in [-0.25, -0.2) is 0 Å². The smallest absolute Gasteiger partial charge is 0.259 e. The van der Waals surface area contributed by atoms with Gasteiger partial charge < -0.3 is 14.5 Å². The molecule has 0 N–H and O–H groups in total. The van der Waals surface area contributed by atoms with E-state index in [0.717, 1.165) is 6.41 Å². The van der Waals surface area contributed by atoms with Crippen molar-refractivity contribution in [1.82, 2.24) is 9.80 Å². The third kappa shape index (κ3) is 2.83. The predicted octanol–water partition coefficient (Wildman–Crippen LogP) is 1.92. The highest BCUT2D eigenvalue weighted by atomic mass is 35.5. The number of methoxy groups -OCH3 is 1. The first-order chi connectivity index (χ1) is 9.58. The van der Waals surface area contributed by atoms with Crippen LogP contribution in [-0.4, -0.2) is 55.4 Å². The SMILES string of the molecule is COc1c(Cl)ccc(Cl)c1C(=O)N1CCN(C=O)CC1. The van der Waals surface area contributed by atoms with Crippen LogP contribution in [0, 0.1) is 0 Å². The number of nitrogens with zero attached hydrogens (tertiary/aromatic N) is 2. The van der Waals surface area contributed by atoms with E-state index >= 15 is 0 Å². The fourth-order valence-electron chi connectivity index (χ4n) is 2.12. The average molecular weight is 317 g/mol. The molecule has 0 aliphatic carbocycles. The van der Waals surface area contributed by atoms with Crippen LogP contribution < -0.4 is 4.74 Å². The molecule has 0 radical (unpaired) electrons. The summed E-state index contributed by atoms with van der Waals surface area (Å²) in [5, 5.41) is 0.640. The van der Waals surface area contributed by atoms with Crippen molar-refractivity contribution in [3.8, 4) is 5.75 Å². The predicted molar refractivity (Wildman–Crippen MR) is 76.6 cm³/mol. The van der Waals surface area contributed by atoms with Gasteiger partial charge in [-0.15, -0.1) is 0 Å². The lowest BCUT2D eigenvalue weighted by Crippen LogP contribution is -2.48. The Balaban J connectivity index is 2.26. The van der Waals surface area contributed by atoms with E-state index in [1.165, 1.54) is 7.11 Å². The van der Waals surface area contributed by atoms with Crippen LogP contribution in [0.5, 0.6) is 5.75 Å². The van der Waals surface area contributed by atoms with E-state index in [2.05, 4.69) is 0 Å². The molecule has 2 rings (SSSR count). The van der Waals surface area contributed by atoms with Crippen LogP contribution in [0.25, 0.3) is 0 Å². The maximum absolute atomic E-state index is 12.5. The standard InChI is InChI=1S/C13H14Cl2N2O3/c1-20-12-10(15)3-2-9(14)11(12)13(19)17-6-4-16(8-18)5-7-17/h2-3,8H,4-7H2,1H3. The number of halogens is 2. The van der Waals surface area contributed by atoms with E-state index in [4.69, 9.17) is 27.9 Å². The van der Waals surface area contributed by atoms with Gasteiger partial charge in [-0.2, -0.15) is 0 Å². The lowest BCUT2D eigenvalue weighted by atomic mass is 10.1. The molecule has 1 aliphatic heterocycles. The maximum Gasteiger partial charge on any atom is 0.259 e. The molecule has 5 nitrogen and oxygen atoms in total. The summed E-state index contributed by atoms with van der Waals surface area (Å²) in [6.45, 7) is 1.94. The van der Waals surface area contributed by atoms with Crippen molar-refractivity contribution in [3.05, 3.63) is 27.7 Å². The lowest BCUT2D eigenvalue weighted by Gasteiger charge is -2.33. The van der Waals surface area contributed by atoms with Crippen molar-refractivity contribution in [1.29, 1.82) is 0 Å². The molecule has 1 aromatic carbocycles. The number of carbonyl (C=O) groups excluding carboxylic acids is 2. The summed E-state index contributed by atoms with van der Waals surface area (Å²) < 4.78 is 5.18. The Morgan fingerprint density at radius 3 is 2.35 bits per heavy atom.